The maximum atomic E-state index is 13.2. The first-order chi connectivity index (χ1) is 30.0. The number of aromatic nitrogens is 4. The van der Waals surface area contributed by atoms with Gasteiger partial charge in [-0.2, -0.15) is 4.98 Å². The van der Waals surface area contributed by atoms with Crippen LogP contribution in [-0.4, -0.2) is 113 Å². The lowest BCUT2D eigenvalue weighted by atomic mass is 9.87. The van der Waals surface area contributed by atoms with Crippen LogP contribution in [0.1, 0.15) is 64.5 Å². The predicted molar refractivity (Wildman–Crippen MR) is 239 cm³/mol. The third-order valence-electron chi connectivity index (χ3n) is 12.8. The number of halogens is 1. The lowest BCUT2D eigenvalue weighted by Gasteiger charge is -2.47. The molecule has 3 saturated heterocycles. The number of imide groups is 1. The molecule has 4 aliphatic rings. The number of piperidine rings is 2. The summed E-state index contributed by atoms with van der Waals surface area (Å²) in [5.74, 6) is 0.424. The molecule has 0 spiro atoms. The van der Waals surface area contributed by atoms with Gasteiger partial charge in [-0.3, -0.25) is 29.4 Å². The molecule has 2 aromatic carbocycles. The quantitative estimate of drug-likeness (QED) is 0.141. The number of likely N-dealkylation sites (N-methyl/N-ethyl adjacent to an activating group) is 1. The maximum Gasteiger partial charge on any atom is 0.293 e. The van der Waals surface area contributed by atoms with Crippen LogP contribution >= 0.6 is 11.6 Å². The van der Waals surface area contributed by atoms with Crippen LogP contribution in [0.2, 0.25) is 5.02 Å². The number of nitrogens with one attached hydrogen (secondary N) is 3. The predicted octanol–water partition coefficient (Wildman–Crippen LogP) is 5.17. The van der Waals surface area contributed by atoms with Gasteiger partial charge in [0.05, 0.1) is 23.9 Å². The highest BCUT2D eigenvalue weighted by molar-refractivity contribution is 6.33. The van der Waals surface area contributed by atoms with Crippen LogP contribution in [0, 0.1) is 0 Å². The summed E-state index contributed by atoms with van der Waals surface area (Å²) in [6, 6.07) is 15.9. The van der Waals surface area contributed by atoms with Gasteiger partial charge in [0.25, 0.3) is 11.5 Å². The van der Waals surface area contributed by atoms with Gasteiger partial charge in [0.15, 0.2) is 18.2 Å². The SMILES string of the molecule is CNC(=O)COc1cc2cc(Nc3nc(N4CCC(OC5CC(N6CCN(c7ccc8c(ccn8C8CCC(=O)NC8=O)c7)CC6)C5)CC4)ncc3Cl)ccc2n(C(C)C)c1=O. The summed E-state index contributed by atoms with van der Waals surface area (Å²) >= 11 is 6.60. The molecule has 4 fully saturated rings. The number of carbonyl (C=O) groups is 3. The summed E-state index contributed by atoms with van der Waals surface area (Å²) in [7, 11) is 1.52. The summed E-state index contributed by atoms with van der Waals surface area (Å²) in [5.41, 5.74) is 3.38. The Kier molecular flexibility index (Phi) is 11.8. The van der Waals surface area contributed by atoms with E-state index in [1.165, 1.54) is 12.7 Å². The van der Waals surface area contributed by atoms with E-state index in [2.05, 4.69) is 59.9 Å². The fourth-order valence-electron chi connectivity index (χ4n) is 9.29. The summed E-state index contributed by atoms with van der Waals surface area (Å²) < 4.78 is 15.9. The number of benzene rings is 2. The number of pyridine rings is 1. The monoisotopic (exact) mass is 864 g/mol. The number of hydrogen-bond donors (Lipinski definition) is 3. The number of carbonyl (C=O) groups excluding carboxylic acids is 3. The maximum absolute atomic E-state index is 13.2. The normalized spacial score (nSPS) is 21.3. The van der Waals surface area contributed by atoms with Crippen molar-refractivity contribution in [3.05, 3.63) is 76.3 Å². The zero-order chi connectivity index (χ0) is 43.1. The first kappa shape index (κ1) is 41.6. The van der Waals surface area contributed by atoms with Crippen molar-refractivity contribution < 1.29 is 23.9 Å². The highest BCUT2D eigenvalue weighted by Crippen LogP contribution is 2.35. The number of anilines is 4. The molecule has 6 heterocycles. The van der Waals surface area contributed by atoms with Crippen molar-refractivity contribution in [2.45, 2.75) is 82.7 Å². The van der Waals surface area contributed by atoms with Crippen LogP contribution in [0.3, 0.4) is 0 Å². The third kappa shape index (κ3) is 8.55. The highest BCUT2D eigenvalue weighted by atomic mass is 35.5. The van der Waals surface area contributed by atoms with Crippen molar-refractivity contribution in [1.29, 1.82) is 0 Å². The van der Waals surface area contributed by atoms with Crippen molar-refractivity contribution in [3.8, 4) is 5.75 Å². The first-order valence-corrected chi connectivity index (χ1v) is 22.0. The molecule has 1 atom stereocenters. The standard InChI is InChI=1S/C45H53ClN10O6/c1-27(2)56-37-6-4-30(20-29(37)22-39(44(56)60)61-26-41(58)47-3)49-42-35(46)25-48-45(51-42)54-13-11-33(12-14-54)62-34-23-32(24-34)53-18-16-52(17-19-53)31-5-7-36-28(21-31)10-15-55(36)38-8-9-40(57)50-43(38)59/h4-7,10,15,20-22,25,27,32-34,38H,8-9,11-14,16-19,23-24,26H2,1-3H3,(H,47,58)(H,48,49,51)(H,50,57,59). The number of amides is 3. The average Bonchev–Trinajstić information content (AvgIpc) is 3.68. The van der Waals surface area contributed by atoms with Gasteiger partial charge in [-0.1, -0.05) is 11.6 Å². The van der Waals surface area contributed by atoms with E-state index < -0.39 is 0 Å². The number of nitrogens with zero attached hydrogens (tertiary/aromatic N) is 7. The molecule has 5 aromatic rings. The molecule has 1 aliphatic carbocycles. The molecule has 1 saturated carbocycles. The molecular formula is C45H53ClN10O6. The minimum Gasteiger partial charge on any atom is -0.478 e. The van der Waals surface area contributed by atoms with Crippen LogP contribution < -0.4 is 36.0 Å². The molecular weight excluding hydrogens is 812 g/mol. The van der Waals surface area contributed by atoms with E-state index in [1.807, 2.05) is 42.8 Å². The Hall–Kier alpha value is -5.71. The van der Waals surface area contributed by atoms with E-state index in [4.69, 9.17) is 26.1 Å². The number of fused-ring (bicyclic) bond motifs is 2. The summed E-state index contributed by atoms with van der Waals surface area (Å²) in [5, 5.41) is 10.6. The van der Waals surface area contributed by atoms with Gasteiger partial charge in [-0.25, -0.2) is 4.98 Å². The van der Waals surface area contributed by atoms with Gasteiger partial charge >= 0.3 is 0 Å². The van der Waals surface area contributed by atoms with Crippen molar-refractivity contribution in [2.75, 3.05) is 68.0 Å². The smallest absolute Gasteiger partial charge is 0.293 e. The number of piperazine rings is 1. The third-order valence-corrected chi connectivity index (χ3v) is 13.1. The molecule has 3 aromatic heterocycles. The molecule has 1 unspecified atom stereocenters. The second-order valence-electron chi connectivity index (χ2n) is 17.0. The molecule has 326 valence electrons. The van der Waals surface area contributed by atoms with Gasteiger partial charge in [0, 0.05) is 98.7 Å². The van der Waals surface area contributed by atoms with Crippen LogP contribution in [0.5, 0.6) is 5.75 Å². The molecule has 0 bridgehead atoms. The first-order valence-electron chi connectivity index (χ1n) is 21.7. The van der Waals surface area contributed by atoms with Gasteiger partial charge in [0.1, 0.15) is 11.1 Å². The van der Waals surface area contributed by atoms with Crippen LogP contribution in [0.25, 0.3) is 21.8 Å². The molecule has 16 nitrogen and oxygen atoms in total. The fourth-order valence-corrected chi connectivity index (χ4v) is 9.43. The second-order valence-corrected chi connectivity index (χ2v) is 17.4. The van der Waals surface area contributed by atoms with Gasteiger partial charge < -0.3 is 39.0 Å². The van der Waals surface area contributed by atoms with E-state index in [-0.39, 0.29) is 59.9 Å². The second kappa shape index (κ2) is 17.6. The molecule has 3 N–H and O–H groups in total. The van der Waals surface area contributed by atoms with E-state index >= 15 is 0 Å². The molecule has 3 aliphatic heterocycles. The molecule has 0 radical (unpaired) electrons. The lowest BCUT2D eigenvalue weighted by molar-refractivity contribution is -0.135. The Morgan fingerprint density at radius 3 is 2.42 bits per heavy atom. The Morgan fingerprint density at radius 2 is 1.68 bits per heavy atom. The van der Waals surface area contributed by atoms with Crippen molar-refractivity contribution >= 4 is 74.3 Å². The van der Waals surface area contributed by atoms with Gasteiger partial charge in [-0.05, 0) is 94.5 Å². The molecule has 3 amide bonds. The largest absolute Gasteiger partial charge is 0.478 e. The van der Waals surface area contributed by atoms with E-state index in [9.17, 15) is 19.2 Å². The van der Waals surface area contributed by atoms with Gasteiger partial charge in [0.2, 0.25) is 17.8 Å². The molecule has 17 heteroatoms. The molecule has 62 heavy (non-hydrogen) atoms. The highest BCUT2D eigenvalue weighted by Gasteiger charge is 2.38. The van der Waals surface area contributed by atoms with Crippen LogP contribution in [0.15, 0.2) is 65.7 Å². The summed E-state index contributed by atoms with van der Waals surface area (Å²) in [4.78, 5) is 65.9. The topological polar surface area (TPSA) is 168 Å². The number of ether oxygens (including phenoxy) is 2. The van der Waals surface area contributed by atoms with Crippen molar-refractivity contribution in [1.82, 2.24) is 34.6 Å². The van der Waals surface area contributed by atoms with Crippen LogP contribution in [-0.2, 0) is 19.1 Å². The minimum absolute atomic E-state index is 0.1000. The molecule has 9 rings (SSSR count). The minimum atomic E-state index is -0.356. The number of hydrogen-bond acceptors (Lipinski definition) is 12. The zero-order valence-electron chi connectivity index (χ0n) is 35.3. The Labute approximate surface area is 364 Å². The lowest BCUT2D eigenvalue weighted by Crippen LogP contribution is -2.56. The van der Waals surface area contributed by atoms with Crippen molar-refractivity contribution in [2.24, 2.45) is 0 Å². The van der Waals surface area contributed by atoms with Gasteiger partial charge in [-0.15, -0.1) is 0 Å². The zero-order valence-corrected chi connectivity index (χ0v) is 36.1. The Bertz CT molecular complexity index is 2560. The van der Waals surface area contributed by atoms with E-state index in [0.29, 0.717) is 35.7 Å². The number of rotatable bonds is 12. The van der Waals surface area contributed by atoms with Crippen molar-refractivity contribution in [3.63, 3.8) is 0 Å². The van der Waals surface area contributed by atoms with Crippen LogP contribution in [0.4, 0.5) is 23.1 Å². The summed E-state index contributed by atoms with van der Waals surface area (Å²) in [6.45, 7) is 9.11. The van der Waals surface area contributed by atoms with E-state index in [1.54, 1.807) is 16.8 Å². The summed E-state index contributed by atoms with van der Waals surface area (Å²) in [6.07, 6.45) is 8.85. The van der Waals surface area contributed by atoms with E-state index in [0.717, 1.165) is 92.4 Å². The fraction of sp³-hybridized carbons (Fsp3) is 0.467. The average molecular weight is 865 g/mol. The Morgan fingerprint density at radius 1 is 0.903 bits per heavy atom. The Balaban J connectivity index is 0.746.